The summed E-state index contributed by atoms with van der Waals surface area (Å²) in [6, 6.07) is 13.4. The Balaban J connectivity index is 1.51. The van der Waals surface area contributed by atoms with E-state index in [1.807, 2.05) is 28.9 Å². The van der Waals surface area contributed by atoms with Gasteiger partial charge in [0.1, 0.15) is 18.2 Å². The lowest BCUT2D eigenvalue weighted by Gasteiger charge is -2.17. The van der Waals surface area contributed by atoms with E-state index in [2.05, 4.69) is 15.4 Å². The van der Waals surface area contributed by atoms with Crippen molar-refractivity contribution in [1.82, 2.24) is 14.8 Å². The number of thioether (sulfide) groups is 1. The van der Waals surface area contributed by atoms with Crippen molar-refractivity contribution in [3.8, 4) is 22.9 Å². The quantitative estimate of drug-likeness (QED) is 0.632. The van der Waals surface area contributed by atoms with Crippen molar-refractivity contribution in [2.24, 2.45) is 0 Å². The largest absolute Gasteiger partial charge is 0.497 e. The maximum atomic E-state index is 10.6. The van der Waals surface area contributed by atoms with E-state index in [9.17, 15) is 5.11 Å². The fourth-order valence-electron chi connectivity index (χ4n) is 3.03. The van der Waals surface area contributed by atoms with Crippen LogP contribution in [-0.2, 0) is 6.67 Å². The first-order valence-electron chi connectivity index (χ1n) is 8.50. The second-order valence-corrected chi connectivity index (χ2v) is 7.02. The number of rotatable bonds is 6. The minimum Gasteiger partial charge on any atom is -0.497 e. The minimum atomic E-state index is -0.731. The number of hydrogen-bond donors (Lipinski definition) is 2. The predicted molar refractivity (Wildman–Crippen MR) is 104 cm³/mol. The zero-order valence-corrected chi connectivity index (χ0v) is 15.9. The third-order valence-electron chi connectivity index (χ3n) is 4.41. The van der Waals surface area contributed by atoms with Crippen molar-refractivity contribution in [3.63, 3.8) is 0 Å². The molecule has 8 heteroatoms. The average Bonchev–Trinajstić information content (AvgIpc) is 3.15. The van der Waals surface area contributed by atoms with Gasteiger partial charge in [-0.1, -0.05) is 23.9 Å². The van der Waals surface area contributed by atoms with Crippen molar-refractivity contribution in [3.05, 3.63) is 48.0 Å². The number of nitrogens with zero attached hydrogens (tertiary/aromatic N) is 3. The fraction of sp³-hybridized carbons (Fsp3) is 0.263. The molecule has 2 aromatic carbocycles. The Morgan fingerprint density at radius 1 is 1.22 bits per heavy atom. The number of aliphatic hydroxyl groups excluding tert-OH is 1. The number of para-hydroxylation sites is 1. The fourth-order valence-corrected chi connectivity index (χ4v) is 3.82. The summed E-state index contributed by atoms with van der Waals surface area (Å²) < 4.78 is 12.4. The van der Waals surface area contributed by atoms with Crippen molar-refractivity contribution in [1.29, 1.82) is 0 Å². The average molecular weight is 384 g/mol. The lowest BCUT2D eigenvalue weighted by molar-refractivity contribution is 0.198. The maximum Gasteiger partial charge on any atom is 0.209 e. The van der Waals surface area contributed by atoms with Gasteiger partial charge < -0.3 is 19.9 Å². The number of fused-ring (bicyclic) bond motifs is 3. The van der Waals surface area contributed by atoms with Crippen LogP contribution in [-0.4, -0.2) is 39.8 Å². The molecule has 0 fully saturated rings. The van der Waals surface area contributed by atoms with Crippen LogP contribution < -0.4 is 14.8 Å². The first kappa shape index (κ1) is 17.7. The number of anilines is 1. The molecule has 0 spiro atoms. The molecule has 7 nitrogen and oxygen atoms in total. The molecule has 27 heavy (non-hydrogen) atoms. The van der Waals surface area contributed by atoms with E-state index in [4.69, 9.17) is 9.47 Å². The summed E-state index contributed by atoms with van der Waals surface area (Å²) in [6.45, 7) is 0.576. The second-order valence-electron chi connectivity index (χ2n) is 6.03. The highest BCUT2D eigenvalue weighted by Crippen LogP contribution is 2.34. The summed E-state index contributed by atoms with van der Waals surface area (Å²) in [7, 11) is 3.18. The molecule has 0 saturated carbocycles. The summed E-state index contributed by atoms with van der Waals surface area (Å²) in [5, 5.41) is 19.1. The van der Waals surface area contributed by atoms with Crippen molar-refractivity contribution in [2.75, 3.05) is 25.3 Å². The SMILES string of the molecule is COc1ccc(OC)c([C@@H](O)CSc2nc3n(n2)CNc2ccccc2-3)c1. The molecule has 0 unspecified atom stereocenters. The minimum absolute atomic E-state index is 0.405. The lowest BCUT2D eigenvalue weighted by atomic mass is 10.1. The molecule has 4 rings (SSSR count). The van der Waals surface area contributed by atoms with E-state index in [1.54, 1.807) is 32.4 Å². The third kappa shape index (κ3) is 3.45. The van der Waals surface area contributed by atoms with Gasteiger partial charge in [-0.05, 0) is 30.3 Å². The van der Waals surface area contributed by atoms with E-state index in [-0.39, 0.29) is 0 Å². The number of aromatic nitrogens is 3. The number of methoxy groups -OCH3 is 2. The first-order chi connectivity index (χ1) is 13.2. The molecule has 2 heterocycles. The van der Waals surface area contributed by atoms with Gasteiger partial charge in [-0.25, -0.2) is 9.67 Å². The molecule has 2 N–H and O–H groups in total. The van der Waals surface area contributed by atoms with Gasteiger partial charge in [0.15, 0.2) is 5.82 Å². The van der Waals surface area contributed by atoms with Gasteiger partial charge in [0.2, 0.25) is 5.16 Å². The summed E-state index contributed by atoms with van der Waals surface area (Å²) in [6.07, 6.45) is -0.731. The number of nitrogens with one attached hydrogen (secondary N) is 1. The Morgan fingerprint density at radius 2 is 2.07 bits per heavy atom. The van der Waals surface area contributed by atoms with Crippen LogP contribution in [0.3, 0.4) is 0 Å². The summed E-state index contributed by atoms with van der Waals surface area (Å²) in [4.78, 5) is 4.64. The molecule has 0 aliphatic carbocycles. The summed E-state index contributed by atoms with van der Waals surface area (Å²) in [5.41, 5.74) is 2.76. The van der Waals surface area contributed by atoms with E-state index in [1.165, 1.54) is 11.8 Å². The van der Waals surface area contributed by atoms with E-state index < -0.39 is 6.10 Å². The van der Waals surface area contributed by atoms with Gasteiger partial charge in [-0.15, -0.1) is 5.10 Å². The smallest absolute Gasteiger partial charge is 0.209 e. The van der Waals surface area contributed by atoms with Crippen LogP contribution in [0.2, 0.25) is 0 Å². The standard InChI is InChI=1S/C19H20N4O3S/c1-25-12-7-8-17(26-2)14(9-12)16(24)10-27-19-21-18-13-5-3-4-6-15(13)20-11-23(18)22-19/h3-9,16,20,24H,10-11H2,1-2H3/t16-/m0/s1. The van der Waals surface area contributed by atoms with Crippen LogP contribution >= 0.6 is 11.8 Å². The third-order valence-corrected chi connectivity index (χ3v) is 5.32. The Kier molecular flexibility index (Phi) is 4.91. The topological polar surface area (TPSA) is 81.4 Å². The Labute approximate surface area is 161 Å². The van der Waals surface area contributed by atoms with Crippen LogP contribution in [0.1, 0.15) is 11.7 Å². The molecule has 1 aromatic heterocycles. The number of ether oxygens (including phenoxy) is 2. The van der Waals surface area contributed by atoms with Crippen LogP contribution in [0.4, 0.5) is 5.69 Å². The maximum absolute atomic E-state index is 10.6. The monoisotopic (exact) mass is 384 g/mol. The van der Waals surface area contributed by atoms with Crippen molar-refractivity contribution >= 4 is 17.4 Å². The molecule has 1 aliphatic heterocycles. The number of benzene rings is 2. The molecule has 1 aliphatic rings. The van der Waals surface area contributed by atoms with Crippen LogP contribution in [0.25, 0.3) is 11.4 Å². The molecule has 0 radical (unpaired) electrons. The highest BCUT2D eigenvalue weighted by Gasteiger charge is 2.21. The molecule has 0 amide bonds. The van der Waals surface area contributed by atoms with Gasteiger partial charge in [0.25, 0.3) is 0 Å². The number of hydrogen-bond acceptors (Lipinski definition) is 7. The Hall–Kier alpha value is -2.71. The van der Waals surface area contributed by atoms with Gasteiger partial charge in [0.05, 0.1) is 20.3 Å². The molecule has 0 saturated heterocycles. The van der Waals surface area contributed by atoms with Crippen LogP contribution in [0.5, 0.6) is 11.5 Å². The molecule has 0 bridgehead atoms. The molecule has 1 atom stereocenters. The van der Waals surface area contributed by atoms with Crippen LogP contribution in [0.15, 0.2) is 47.6 Å². The van der Waals surface area contributed by atoms with E-state index in [0.717, 1.165) is 17.1 Å². The zero-order chi connectivity index (χ0) is 18.8. The zero-order valence-electron chi connectivity index (χ0n) is 15.0. The normalized spacial score (nSPS) is 13.3. The first-order valence-corrected chi connectivity index (χ1v) is 9.49. The highest BCUT2D eigenvalue weighted by atomic mass is 32.2. The molecular weight excluding hydrogens is 364 g/mol. The highest BCUT2D eigenvalue weighted by molar-refractivity contribution is 7.99. The summed E-state index contributed by atoms with van der Waals surface area (Å²) >= 11 is 1.41. The molecule has 140 valence electrons. The Bertz CT molecular complexity index is 960. The number of aliphatic hydroxyl groups is 1. The van der Waals surface area contributed by atoms with Crippen LogP contribution in [0, 0.1) is 0 Å². The summed E-state index contributed by atoms with van der Waals surface area (Å²) in [5.74, 6) is 2.54. The van der Waals surface area contributed by atoms with Crippen molar-refractivity contribution < 1.29 is 14.6 Å². The second kappa shape index (κ2) is 7.50. The molecule has 3 aromatic rings. The van der Waals surface area contributed by atoms with E-state index >= 15 is 0 Å². The van der Waals surface area contributed by atoms with Gasteiger partial charge in [0, 0.05) is 22.6 Å². The molecular formula is C19H20N4O3S. The van der Waals surface area contributed by atoms with Gasteiger partial charge in [-0.2, -0.15) is 0 Å². The van der Waals surface area contributed by atoms with E-state index in [0.29, 0.717) is 34.6 Å². The van der Waals surface area contributed by atoms with Gasteiger partial charge >= 0.3 is 0 Å². The Morgan fingerprint density at radius 3 is 2.89 bits per heavy atom. The lowest BCUT2D eigenvalue weighted by Crippen LogP contribution is -2.16. The van der Waals surface area contributed by atoms with Crippen molar-refractivity contribution in [2.45, 2.75) is 17.9 Å². The van der Waals surface area contributed by atoms with Gasteiger partial charge in [-0.3, -0.25) is 0 Å². The predicted octanol–water partition coefficient (Wildman–Crippen LogP) is 3.17.